The summed E-state index contributed by atoms with van der Waals surface area (Å²) >= 11 is 3.34. The second-order valence-electron chi connectivity index (χ2n) is 4.12. The standard InChI is InChI=1S/C14H17BrO4/c1-10(2)18-7-8-19-13-5-4-12(15)9-11(13)3-6-14(16)17/h3-6,9-10H,7-8H2,1-2H3,(H,16,17). The molecule has 0 aliphatic rings. The molecule has 0 aliphatic carbocycles. The van der Waals surface area contributed by atoms with Crippen molar-refractivity contribution in [1.29, 1.82) is 0 Å². The van der Waals surface area contributed by atoms with Crippen LogP contribution in [0.2, 0.25) is 0 Å². The summed E-state index contributed by atoms with van der Waals surface area (Å²) in [5.74, 6) is -0.359. The first-order valence-corrected chi connectivity index (χ1v) is 6.73. The molecular weight excluding hydrogens is 312 g/mol. The lowest BCUT2D eigenvalue weighted by molar-refractivity contribution is -0.131. The quantitative estimate of drug-likeness (QED) is 0.616. The molecule has 0 aromatic heterocycles. The number of carboxylic acid groups (broad SMARTS) is 1. The average Bonchev–Trinajstić information content (AvgIpc) is 2.33. The zero-order valence-corrected chi connectivity index (χ0v) is 12.5. The highest BCUT2D eigenvalue weighted by Gasteiger charge is 2.03. The van der Waals surface area contributed by atoms with Crippen molar-refractivity contribution in [3.05, 3.63) is 34.3 Å². The van der Waals surface area contributed by atoms with Gasteiger partial charge < -0.3 is 14.6 Å². The number of carbonyl (C=O) groups is 1. The molecule has 0 saturated heterocycles. The van der Waals surface area contributed by atoms with Crippen molar-refractivity contribution in [1.82, 2.24) is 0 Å². The highest BCUT2D eigenvalue weighted by atomic mass is 79.9. The van der Waals surface area contributed by atoms with Crippen molar-refractivity contribution in [2.24, 2.45) is 0 Å². The number of rotatable bonds is 7. The van der Waals surface area contributed by atoms with E-state index >= 15 is 0 Å². The van der Waals surface area contributed by atoms with Gasteiger partial charge in [-0.2, -0.15) is 0 Å². The minimum Gasteiger partial charge on any atom is -0.491 e. The third-order valence-corrected chi connectivity index (χ3v) is 2.66. The second-order valence-corrected chi connectivity index (χ2v) is 5.04. The summed E-state index contributed by atoms with van der Waals surface area (Å²) in [6, 6.07) is 5.44. The van der Waals surface area contributed by atoms with E-state index in [1.54, 1.807) is 12.1 Å². The Bertz CT molecular complexity index is 455. The molecule has 0 spiro atoms. The van der Waals surface area contributed by atoms with Crippen molar-refractivity contribution in [3.63, 3.8) is 0 Å². The van der Waals surface area contributed by atoms with Crippen LogP contribution < -0.4 is 4.74 Å². The fraction of sp³-hybridized carbons (Fsp3) is 0.357. The second kappa shape index (κ2) is 7.96. The van der Waals surface area contributed by atoms with Crippen LogP contribution in [0, 0.1) is 0 Å². The maximum atomic E-state index is 10.5. The van der Waals surface area contributed by atoms with E-state index in [0.717, 1.165) is 10.5 Å². The van der Waals surface area contributed by atoms with E-state index in [9.17, 15) is 4.79 Å². The molecule has 0 saturated carbocycles. The summed E-state index contributed by atoms with van der Waals surface area (Å²) in [4.78, 5) is 10.5. The summed E-state index contributed by atoms with van der Waals surface area (Å²) in [6.45, 7) is 4.84. The van der Waals surface area contributed by atoms with Gasteiger partial charge in [0.05, 0.1) is 12.7 Å². The van der Waals surface area contributed by atoms with Gasteiger partial charge in [-0.25, -0.2) is 4.79 Å². The van der Waals surface area contributed by atoms with Gasteiger partial charge >= 0.3 is 5.97 Å². The summed E-state index contributed by atoms with van der Waals surface area (Å²) in [6.07, 6.45) is 2.75. The average molecular weight is 329 g/mol. The molecule has 1 aromatic carbocycles. The lowest BCUT2D eigenvalue weighted by Gasteiger charge is -2.11. The minimum absolute atomic E-state index is 0.167. The molecule has 0 aliphatic heterocycles. The van der Waals surface area contributed by atoms with Crippen molar-refractivity contribution >= 4 is 28.0 Å². The van der Waals surface area contributed by atoms with Crippen LogP contribution in [0.3, 0.4) is 0 Å². The van der Waals surface area contributed by atoms with E-state index in [1.165, 1.54) is 6.08 Å². The first kappa shape index (κ1) is 15.7. The molecule has 1 aromatic rings. The Labute approximate surface area is 121 Å². The summed E-state index contributed by atoms with van der Waals surface area (Å²) < 4.78 is 11.8. The van der Waals surface area contributed by atoms with Gasteiger partial charge in [0, 0.05) is 16.1 Å². The Kier molecular flexibility index (Phi) is 6.59. The lowest BCUT2D eigenvalue weighted by Crippen LogP contribution is -2.11. The van der Waals surface area contributed by atoms with Gasteiger partial charge in [-0.1, -0.05) is 15.9 Å². The fourth-order valence-electron chi connectivity index (χ4n) is 1.38. The van der Waals surface area contributed by atoms with E-state index in [4.69, 9.17) is 14.6 Å². The first-order valence-electron chi connectivity index (χ1n) is 5.94. The topological polar surface area (TPSA) is 55.8 Å². The van der Waals surface area contributed by atoms with E-state index in [2.05, 4.69) is 15.9 Å². The molecule has 0 heterocycles. The number of halogens is 1. The Hall–Kier alpha value is -1.33. The smallest absolute Gasteiger partial charge is 0.328 e. The van der Waals surface area contributed by atoms with Crippen LogP contribution in [0.25, 0.3) is 6.08 Å². The Morgan fingerprint density at radius 2 is 2.16 bits per heavy atom. The zero-order chi connectivity index (χ0) is 14.3. The number of benzene rings is 1. The molecule has 5 heteroatoms. The molecular formula is C14H17BrO4. The van der Waals surface area contributed by atoms with Crippen molar-refractivity contribution in [2.45, 2.75) is 20.0 Å². The van der Waals surface area contributed by atoms with Gasteiger partial charge in [0.1, 0.15) is 12.4 Å². The maximum absolute atomic E-state index is 10.5. The van der Waals surface area contributed by atoms with Gasteiger partial charge in [0.2, 0.25) is 0 Å². The van der Waals surface area contributed by atoms with Crippen LogP contribution >= 0.6 is 15.9 Å². The molecule has 1 rings (SSSR count). The number of hydrogen-bond donors (Lipinski definition) is 1. The third-order valence-electron chi connectivity index (χ3n) is 2.17. The van der Waals surface area contributed by atoms with Crippen LogP contribution in [0.5, 0.6) is 5.75 Å². The summed E-state index contributed by atoms with van der Waals surface area (Å²) in [7, 11) is 0. The van der Waals surface area contributed by atoms with E-state index < -0.39 is 5.97 Å². The Balaban J connectivity index is 2.68. The Morgan fingerprint density at radius 1 is 1.42 bits per heavy atom. The molecule has 0 radical (unpaired) electrons. The fourth-order valence-corrected chi connectivity index (χ4v) is 1.76. The van der Waals surface area contributed by atoms with Crippen LogP contribution in [0.4, 0.5) is 0 Å². The monoisotopic (exact) mass is 328 g/mol. The van der Waals surface area contributed by atoms with Crippen LogP contribution in [0.1, 0.15) is 19.4 Å². The van der Waals surface area contributed by atoms with Gasteiger partial charge in [0.25, 0.3) is 0 Å². The van der Waals surface area contributed by atoms with Gasteiger partial charge in [-0.3, -0.25) is 0 Å². The normalized spacial score (nSPS) is 11.2. The SMILES string of the molecule is CC(C)OCCOc1ccc(Br)cc1C=CC(=O)O. The summed E-state index contributed by atoms with van der Waals surface area (Å²) in [5.41, 5.74) is 0.710. The van der Waals surface area contributed by atoms with Crippen molar-refractivity contribution < 1.29 is 19.4 Å². The predicted molar refractivity (Wildman–Crippen MR) is 77.4 cm³/mol. The molecule has 104 valence electrons. The molecule has 0 bridgehead atoms. The molecule has 1 N–H and O–H groups in total. The molecule has 4 nitrogen and oxygen atoms in total. The number of ether oxygens (including phenoxy) is 2. The third kappa shape index (κ3) is 6.40. The Morgan fingerprint density at radius 3 is 2.79 bits per heavy atom. The molecule has 0 atom stereocenters. The van der Waals surface area contributed by atoms with Gasteiger partial charge in [-0.15, -0.1) is 0 Å². The summed E-state index contributed by atoms with van der Waals surface area (Å²) in [5, 5.41) is 8.65. The lowest BCUT2D eigenvalue weighted by atomic mass is 10.2. The molecule has 0 fully saturated rings. The maximum Gasteiger partial charge on any atom is 0.328 e. The molecule has 0 amide bonds. The zero-order valence-electron chi connectivity index (χ0n) is 10.9. The minimum atomic E-state index is -0.992. The molecule has 0 unspecified atom stereocenters. The van der Waals surface area contributed by atoms with Crippen LogP contribution in [-0.2, 0) is 9.53 Å². The highest BCUT2D eigenvalue weighted by molar-refractivity contribution is 9.10. The largest absolute Gasteiger partial charge is 0.491 e. The number of aliphatic carboxylic acids is 1. The number of carboxylic acids is 1. The van der Waals surface area contributed by atoms with Gasteiger partial charge in [-0.05, 0) is 38.1 Å². The predicted octanol–water partition coefficient (Wildman–Crippen LogP) is 3.35. The van der Waals surface area contributed by atoms with Crippen molar-refractivity contribution in [3.8, 4) is 5.75 Å². The first-order chi connectivity index (χ1) is 8.99. The van der Waals surface area contributed by atoms with Crippen LogP contribution in [-0.4, -0.2) is 30.4 Å². The van der Waals surface area contributed by atoms with E-state index in [-0.39, 0.29) is 6.10 Å². The van der Waals surface area contributed by atoms with E-state index in [1.807, 2.05) is 19.9 Å². The highest BCUT2D eigenvalue weighted by Crippen LogP contribution is 2.24. The van der Waals surface area contributed by atoms with E-state index in [0.29, 0.717) is 24.5 Å². The van der Waals surface area contributed by atoms with Gasteiger partial charge in [0.15, 0.2) is 0 Å². The number of hydrogen-bond acceptors (Lipinski definition) is 3. The van der Waals surface area contributed by atoms with Crippen LogP contribution in [0.15, 0.2) is 28.7 Å². The van der Waals surface area contributed by atoms with Crippen molar-refractivity contribution in [2.75, 3.05) is 13.2 Å². The molecule has 19 heavy (non-hydrogen) atoms.